The van der Waals surface area contributed by atoms with Crippen LogP contribution in [0.25, 0.3) is 0 Å². The molecule has 0 aliphatic rings. The van der Waals surface area contributed by atoms with E-state index in [0.29, 0.717) is 12.1 Å². The minimum atomic E-state index is -4.46. The van der Waals surface area contributed by atoms with Crippen LogP contribution in [-0.2, 0) is 10.0 Å². The van der Waals surface area contributed by atoms with Gasteiger partial charge in [-0.25, -0.2) is 21.6 Å². The molecule has 0 aliphatic heterocycles. The Morgan fingerprint density at radius 1 is 1.20 bits per heavy atom. The van der Waals surface area contributed by atoms with Crippen LogP contribution in [0.5, 0.6) is 0 Å². The minimum absolute atomic E-state index is 0.0250. The predicted octanol–water partition coefficient (Wildman–Crippen LogP) is 1.85. The fourth-order valence-corrected chi connectivity index (χ4v) is 3.81. The second kappa shape index (κ2) is 5.71. The summed E-state index contributed by atoms with van der Waals surface area (Å²) in [6.45, 7) is 4.53. The van der Waals surface area contributed by atoms with Crippen molar-refractivity contribution < 1.29 is 21.6 Å². The molecule has 0 unspecified atom stereocenters. The van der Waals surface area contributed by atoms with Crippen LogP contribution in [0.1, 0.15) is 20.8 Å². The molecule has 0 bridgehead atoms. The Kier molecular flexibility index (Phi) is 4.83. The molecule has 2 N–H and O–H groups in total. The van der Waals surface area contributed by atoms with E-state index in [1.165, 1.54) is 20.8 Å². The quantitative estimate of drug-likeness (QED) is 0.903. The van der Waals surface area contributed by atoms with Crippen molar-refractivity contribution in [2.24, 2.45) is 5.73 Å². The van der Waals surface area contributed by atoms with Gasteiger partial charge >= 0.3 is 0 Å². The maximum absolute atomic E-state index is 13.7. The molecule has 0 fully saturated rings. The Morgan fingerprint density at radius 2 is 1.65 bits per heavy atom. The zero-order valence-corrected chi connectivity index (χ0v) is 12.3. The van der Waals surface area contributed by atoms with E-state index in [4.69, 9.17) is 5.73 Å². The topological polar surface area (TPSA) is 63.4 Å². The maximum atomic E-state index is 13.7. The maximum Gasteiger partial charge on any atom is 0.249 e. The van der Waals surface area contributed by atoms with Gasteiger partial charge in [-0.3, -0.25) is 0 Å². The van der Waals surface area contributed by atoms with Crippen molar-refractivity contribution in [2.45, 2.75) is 31.2 Å². The molecule has 1 aromatic rings. The summed E-state index contributed by atoms with van der Waals surface area (Å²) < 4.78 is 65.9. The Hall–Kier alpha value is -1.12. The number of hydrogen-bond acceptors (Lipinski definition) is 3. The van der Waals surface area contributed by atoms with Gasteiger partial charge in [0.15, 0.2) is 4.90 Å². The van der Waals surface area contributed by atoms with Crippen molar-refractivity contribution in [1.29, 1.82) is 0 Å². The Balaban J connectivity index is 3.51. The lowest BCUT2D eigenvalue weighted by Crippen LogP contribution is -2.52. The van der Waals surface area contributed by atoms with E-state index in [-0.39, 0.29) is 13.1 Å². The molecule has 114 valence electrons. The van der Waals surface area contributed by atoms with E-state index >= 15 is 0 Å². The molecule has 0 radical (unpaired) electrons. The van der Waals surface area contributed by atoms with Gasteiger partial charge in [0.05, 0.1) is 0 Å². The summed E-state index contributed by atoms with van der Waals surface area (Å²) in [5.41, 5.74) is 4.48. The van der Waals surface area contributed by atoms with Crippen molar-refractivity contribution in [3.8, 4) is 0 Å². The van der Waals surface area contributed by atoms with Crippen LogP contribution in [-0.4, -0.2) is 31.4 Å². The van der Waals surface area contributed by atoms with E-state index in [1.807, 2.05) is 0 Å². The zero-order chi connectivity index (χ0) is 15.7. The molecule has 4 nitrogen and oxygen atoms in total. The van der Waals surface area contributed by atoms with Gasteiger partial charge in [-0.2, -0.15) is 4.31 Å². The normalized spacial score (nSPS) is 13.0. The highest BCUT2D eigenvalue weighted by Gasteiger charge is 2.38. The molecule has 0 saturated heterocycles. The van der Waals surface area contributed by atoms with Crippen molar-refractivity contribution in [2.75, 3.05) is 13.1 Å². The third-order valence-electron chi connectivity index (χ3n) is 2.97. The van der Waals surface area contributed by atoms with Gasteiger partial charge in [0.1, 0.15) is 17.5 Å². The van der Waals surface area contributed by atoms with Gasteiger partial charge in [0.2, 0.25) is 10.0 Å². The van der Waals surface area contributed by atoms with Crippen LogP contribution in [0.3, 0.4) is 0 Å². The number of nitrogens with two attached hydrogens (primary N) is 1. The van der Waals surface area contributed by atoms with Gasteiger partial charge < -0.3 is 5.73 Å². The third kappa shape index (κ3) is 2.97. The largest absolute Gasteiger partial charge is 0.329 e. The van der Waals surface area contributed by atoms with Gasteiger partial charge in [-0.05, 0) is 13.8 Å². The number of benzene rings is 1. The van der Waals surface area contributed by atoms with Gasteiger partial charge in [0, 0.05) is 30.8 Å². The molecule has 0 aromatic heterocycles. The molecule has 8 heteroatoms. The van der Waals surface area contributed by atoms with E-state index in [0.717, 1.165) is 4.31 Å². The SMILES string of the molecule is CCN(C(C)(C)CN)S(=O)(=O)c1c(F)cc(F)cc1F. The number of nitrogens with zero attached hydrogens (tertiary/aromatic N) is 1. The minimum Gasteiger partial charge on any atom is -0.329 e. The van der Waals surface area contributed by atoms with E-state index in [1.54, 1.807) is 0 Å². The van der Waals surface area contributed by atoms with Gasteiger partial charge in [0.25, 0.3) is 0 Å². The molecule has 0 amide bonds. The molecule has 0 spiro atoms. The first-order valence-corrected chi connectivity index (χ1v) is 7.39. The Labute approximate surface area is 116 Å². The fourth-order valence-electron chi connectivity index (χ4n) is 1.91. The van der Waals surface area contributed by atoms with Crippen LogP contribution in [0, 0.1) is 17.5 Å². The molecule has 1 rings (SSSR count). The van der Waals surface area contributed by atoms with Crippen molar-refractivity contribution in [1.82, 2.24) is 4.31 Å². The fraction of sp³-hybridized carbons (Fsp3) is 0.500. The van der Waals surface area contributed by atoms with Crippen LogP contribution in [0.15, 0.2) is 17.0 Å². The molecular weight excluding hydrogens is 293 g/mol. The van der Waals surface area contributed by atoms with Crippen LogP contribution < -0.4 is 5.73 Å². The molecule has 1 aromatic carbocycles. The average Bonchev–Trinajstić information content (AvgIpc) is 2.26. The van der Waals surface area contributed by atoms with E-state index in [2.05, 4.69) is 0 Å². The second-order valence-corrected chi connectivity index (χ2v) is 6.68. The van der Waals surface area contributed by atoms with Crippen LogP contribution in [0.4, 0.5) is 13.2 Å². The highest BCUT2D eigenvalue weighted by molar-refractivity contribution is 7.89. The van der Waals surface area contributed by atoms with Gasteiger partial charge in [-0.15, -0.1) is 0 Å². The molecule has 0 atom stereocenters. The summed E-state index contributed by atoms with van der Waals surface area (Å²) in [7, 11) is -4.46. The number of likely N-dealkylation sites (N-methyl/N-ethyl adjacent to an activating group) is 1. The first kappa shape index (κ1) is 16.9. The Bertz CT molecular complexity index is 580. The predicted molar refractivity (Wildman–Crippen MR) is 69.0 cm³/mol. The molecule has 20 heavy (non-hydrogen) atoms. The smallest absolute Gasteiger partial charge is 0.249 e. The van der Waals surface area contributed by atoms with E-state index in [9.17, 15) is 21.6 Å². The first-order chi connectivity index (χ1) is 9.07. The second-order valence-electron chi connectivity index (χ2n) is 4.88. The standard InChI is InChI=1S/C12H17F3N2O2S/c1-4-17(12(2,3)7-16)20(18,19)11-9(14)5-8(13)6-10(11)15/h5-6H,4,7,16H2,1-3H3. The highest BCUT2D eigenvalue weighted by atomic mass is 32.2. The summed E-state index contributed by atoms with van der Waals surface area (Å²) in [6.07, 6.45) is 0. The summed E-state index contributed by atoms with van der Waals surface area (Å²) >= 11 is 0. The van der Waals surface area contributed by atoms with Crippen molar-refractivity contribution >= 4 is 10.0 Å². The average molecular weight is 310 g/mol. The van der Waals surface area contributed by atoms with Crippen LogP contribution in [0.2, 0.25) is 0 Å². The highest BCUT2D eigenvalue weighted by Crippen LogP contribution is 2.28. The monoisotopic (exact) mass is 310 g/mol. The molecular formula is C12H17F3N2O2S. The first-order valence-electron chi connectivity index (χ1n) is 5.95. The lowest BCUT2D eigenvalue weighted by atomic mass is 10.1. The van der Waals surface area contributed by atoms with Crippen molar-refractivity contribution in [3.63, 3.8) is 0 Å². The number of sulfonamides is 1. The Morgan fingerprint density at radius 3 is 2.00 bits per heavy atom. The van der Waals surface area contributed by atoms with Crippen LogP contribution >= 0.6 is 0 Å². The summed E-state index contributed by atoms with van der Waals surface area (Å²) in [4.78, 5) is -1.16. The lowest BCUT2D eigenvalue weighted by Gasteiger charge is -2.35. The molecule has 0 aliphatic carbocycles. The number of halogens is 3. The third-order valence-corrected chi connectivity index (χ3v) is 5.21. The molecule has 0 heterocycles. The lowest BCUT2D eigenvalue weighted by molar-refractivity contribution is 0.242. The number of rotatable bonds is 5. The zero-order valence-electron chi connectivity index (χ0n) is 11.5. The molecule has 0 saturated carbocycles. The van der Waals surface area contributed by atoms with E-state index < -0.39 is 37.9 Å². The summed E-state index contributed by atoms with van der Waals surface area (Å²) in [5, 5.41) is 0. The van der Waals surface area contributed by atoms with Gasteiger partial charge in [-0.1, -0.05) is 6.92 Å². The number of hydrogen-bond donors (Lipinski definition) is 1. The van der Waals surface area contributed by atoms with Crippen molar-refractivity contribution in [3.05, 3.63) is 29.6 Å². The summed E-state index contributed by atoms with van der Waals surface area (Å²) in [5.74, 6) is -4.11. The summed E-state index contributed by atoms with van der Waals surface area (Å²) in [6, 6.07) is 0.665.